The number of hydrogen-bond donors (Lipinski definition) is 2. The zero-order chi connectivity index (χ0) is 24.5. The zero-order valence-corrected chi connectivity index (χ0v) is 19.7. The highest BCUT2D eigenvalue weighted by molar-refractivity contribution is 5.96. The molecule has 0 unspecified atom stereocenters. The van der Waals surface area contributed by atoms with Crippen LogP contribution >= 0.6 is 0 Å². The molecule has 0 bridgehead atoms. The number of nitrogens with one attached hydrogen (secondary N) is 1. The third-order valence-electron chi connectivity index (χ3n) is 6.32. The van der Waals surface area contributed by atoms with Crippen LogP contribution < -0.4 is 25.5 Å². The van der Waals surface area contributed by atoms with Crippen LogP contribution in [-0.2, 0) is 13.2 Å². The van der Waals surface area contributed by atoms with Crippen LogP contribution in [0.15, 0.2) is 71.7 Å². The zero-order valence-electron chi connectivity index (χ0n) is 19.7. The Balaban J connectivity index is 1.42. The van der Waals surface area contributed by atoms with Crippen LogP contribution in [0.4, 0.5) is 0 Å². The monoisotopic (exact) mass is 482 g/mol. The Hall–Kier alpha value is -4.30. The van der Waals surface area contributed by atoms with Crippen LogP contribution in [0.5, 0.6) is 17.2 Å². The van der Waals surface area contributed by atoms with Crippen molar-refractivity contribution in [3.05, 3.63) is 82.8 Å². The summed E-state index contributed by atoms with van der Waals surface area (Å²) >= 11 is 0. The van der Waals surface area contributed by atoms with Gasteiger partial charge in [-0.2, -0.15) is 0 Å². The fourth-order valence-corrected chi connectivity index (χ4v) is 4.54. The summed E-state index contributed by atoms with van der Waals surface area (Å²) in [7, 11) is 0. The number of fused-ring (bicyclic) bond motifs is 3. The van der Waals surface area contributed by atoms with Crippen LogP contribution in [0.3, 0.4) is 0 Å². The Kier molecular flexibility index (Phi) is 5.79. The van der Waals surface area contributed by atoms with Crippen molar-refractivity contribution in [3.63, 3.8) is 0 Å². The third kappa shape index (κ3) is 4.16. The van der Waals surface area contributed by atoms with Crippen LogP contribution in [0, 0.1) is 0 Å². The van der Waals surface area contributed by atoms with Gasteiger partial charge in [-0.15, -0.1) is 0 Å². The fourth-order valence-electron chi connectivity index (χ4n) is 4.54. The topological polar surface area (TPSA) is 104 Å². The first-order valence-electron chi connectivity index (χ1n) is 12.0. The molecule has 8 heteroatoms. The lowest BCUT2D eigenvalue weighted by Crippen LogP contribution is -2.16. The maximum absolute atomic E-state index is 13.2. The van der Waals surface area contributed by atoms with Gasteiger partial charge in [-0.3, -0.25) is 4.79 Å². The molecule has 0 saturated heterocycles. The summed E-state index contributed by atoms with van der Waals surface area (Å²) in [5.41, 5.74) is 9.96. The molecule has 6 rings (SSSR count). The molecule has 0 amide bonds. The van der Waals surface area contributed by atoms with E-state index < -0.39 is 0 Å². The van der Waals surface area contributed by atoms with Gasteiger partial charge in [0.15, 0.2) is 11.5 Å². The summed E-state index contributed by atoms with van der Waals surface area (Å²) in [6, 6.07) is 19.5. The standard InChI is InChI=1S/C28H26N4O4/c29-9-4-10-32-16-21(20-8-7-19(13-24(20)32)36-17-18-5-2-1-3-6-18)27-28(33)31-23-15-26-25(14-22(23)30-27)34-11-12-35-26/h1-3,5-8,13-16H,4,9-12,17,29H2,(H,31,33). The molecule has 0 radical (unpaired) electrons. The number of benzene rings is 3. The summed E-state index contributed by atoms with van der Waals surface area (Å²) in [5, 5.41) is 0.925. The van der Waals surface area contributed by atoms with Gasteiger partial charge in [-0.05, 0) is 30.7 Å². The number of aromatic amines is 1. The van der Waals surface area contributed by atoms with Crippen molar-refractivity contribution in [1.29, 1.82) is 0 Å². The molecule has 5 aromatic rings. The molecule has 0 atom stereocenters. The van der Waals surface area contributed by atoms with Crippen molar-refractivity contribution < 1.29 is 14.2 Å². The summed E-state index contributed by atoms with van der Waals surface area (Å²) < 4.78 is 19.5. The van der Waals surface area contributed by atoms with E-state index in [0.717, 1.165) is 40.7 Å². The molecule has 0 fully saturated rings. The number of H-pyrrole nitrogens is 1. The predicted octanol–water partition coefficient (Wildman–Crippen LogP) is 4.24. The number of hydrogen-bond acceptors (Lipinski definition) is 6. The van der Waals surface area contributed by atoms with Gasteiger partial charge in [0.1, 0.15) is 31.3 Å². The van der Waals surface area contributed by atoms with Crippen molar-refractivity contribution in [2.45, 2.75) is 19.6 Å². The smallest absolute Gasteiger partial charge is 0.275 e. The molecule has 3 N–H and O–H groups in total. The SMILES string of the molecule is NCCCn1cc(-c2nc3cc4c(cc3[nH]c2=O)OCCO4)c2ccc(OCc3ccccc3)cc21. The minimum Gasteiger partial charge on any atom is -0.489 e. The Bertz CT molecular complexity index is 1610. The molecular formula is C28H26N4O4. The lowest BCUT2D eigenvalue weighted by molar-refractivity contribution is 0.172. The first-order valence-corrected chi connectivity index (χ1v) is 12.0. The number of rotatable bonds is 7. The normalized spacial score (nSPS) is 12.8. The molecule has 2 aromatic heterocycles. The molecule has 3 aromatic carbocycles. The quantitative estimate of drug-likeness (QED) is 0.360. The fraction of sp³-hybridized carbons (Fsp3) is 0.214. The first kappa shape index (κ1) is 22.2. The second kappa shape index (κ2) is 9.39. The molecule has 36 heavy (non-hydrogen) atoms. The van der Waals surface area contributed by atoms with E-state index in [0.29, 0.717) is 54.6 Å². The molecule has 1 aliphatic rings. The Morgan fingerprint density at radius 3 is 2.64 bits per heavy atom. The van der Waals surface area contributed by atoms with Gasteiger partial charge in [-0.25, -0.2) is 4.98 Å². The van der Waals surface area contributed by atoms with E-state index >= 15 is 0 Å². The van der Waals surface area contributed by atoms with Gasteiger partial charge >= 0.3 is 0 Å². The van der Waals surface area contributed by atoms with Crippen LogP contribution in [-0.4, -0.2) is 34.3 Å². The van der Waals surface area contributed by atoms with E-state index in [1.54, 1.807) is 6.07 Å². The van der Waals surface area contributed by atoms with Gasteiger partial charge in [0.25, 0.3) is 5.56 Å². The van der Waals surface area contributed by atoms with Crippen molar-refractivity contribution in [2.75, 3.05) is 19.8 Å². The summed E-state index contributed by atoms with van der Waals surface area (Å²) in [5.74, 6) is 2.00. The number of nitrogens with zero attached hydrogens (tertiary/aromatic N) is 2. The van der Waals surface area contributed by atoms with Crippen molar-refractivity contribution in [3.8, 4) is 28.5 Å². The first-order chi connectivity index (χ1) is 17.7. The van der Waals surface area contributed by atoms with Crippen LogP contribution in [0.2, 0.25) is 0 Å². The summed E-state index contributed by atoms with van der Waals surface area (Å²) in [4.78, 5) is 20.9. The van der Waals surface area contributed by atoms with E-state index in [-0.39, 0.29) is 5.56 Å². The number of ether oxygens (including phenoxy) is 3. The summed E-state index contributed by atoms with van der Waals surface area (Å²) in [6.45, 7) is 2.73. The highest BCUT2D eigenvalue weighted by Gasteiger charge is 2.19. The highest BCUT2D eigenvalue weighted by Crippen LogP contribution is 2.35. The number of aryl methyl sites for hydroxylation is 1. The molecule has 0 aliphatic carbocycles. The average molecular weight is 483 g/mol. The predicted molar refractivity (Wildman–Crippen MR) is 139 cm³/mol. The van der Waals surface area contributed by atoms with E-state index in [4.69, 9.17) is 24.9 Å². The highest BCUT2D eigenvalue weighted by atomic mass is 16.6. The molecular weight excluding hydrogens is 456 g/mol. The molecule has 0 spiro atoms. The largest absolute Gasteiger partial charge is 0.489 e. The van der Waals surface area contributed by atoms with Crippen molar-refractivity contribution in [1.82, 2.24) is 14.5 Å². The van der Waals surface area contributed by atoms with Crippen molar-refractivity contribution >= 4 is 21.9 Å². The van der Waals surface area contributed by atoms with Gasteiger partial charge in [0.2, 0.25) is 0 Å². The molecule has 8 nitrogen and oxygen atoms in total. The van der Waals surface area contributed by atoms with Crippen LogP contribution in [0.1, 0.15) is 12.0 Å². The van der Waals surface area contributed by atoms with E-state index in [1.165, 1.54) is 0 Å². The Morgan fingerprint density at radius 2 is 1.83 bits per heavy atom. The lowest BCUT2D eigenvalue weighted by atomic mass is 10.1. The minimum atomic E-state index is -0.263. The van der Waals surface area contributed by atoms with E-state index in [1.807, 2.05) is 60.8 Å². The number of aromatic nitrogens is 3. The second-order valence-electron chi connectivity index (χ2n) is 8.76. The van der Waals surface area contributed by atoms with E-state index in [2.05, 4.69) is 9.55 Å². The Morgan fingerprint density at radius 1 is 1.03 bits per heavy atom. The molecule has 3 heterocycles. The van der Waals surface area contributed by atoms with Gasteiger partial charge in [0.05, 0.1) is 16.6 Å². The maximum atomic E-state index is 13.2. The third-order valence-corrected chi connectivity index (χ3v) is 6.32. The minimum absolute atomic E-state index is 0.263. The maximum Gasteiger partial charge on any atom is 0.275 e. The van der Waals surface area contributed by atoms with Crippen molar-refractivity contribution in [2.24, 2.45) is 5.73 Å². The molecule has 0 saturated carbocycles. The van der Waals surface area contributed by atoms with Gasteiger partial charge < -0.3 is 29.5 Å². The molecule has 1 aliphatic heterocycles. The van der Waals surface area contributed by atoms with E-state index in [9.17, 15) is 4.79 Å². The lowest BCUT2D eigenvalue weighted by Gasteiger charge is -2.18. The number of nitrogens with two attached hydrogens (primary N) is 1. The second-order valence-corrected chi connectivity index (χ2v) is 8.76. The average Bonchev–Trinajstić information content (AvgIpc) is 3.27. The van der Waals surface area contributed by atoms with Gasteiger partial charge in [0, 0.05) is 41.9 Å². The van der Waals surface area contributed by atoms with Gasteiger partial charge in [-0.1, -0.05) is 30.3 Å². The Labute approximate surface area is 207 Å². The van der Waals surface area contributed by atoms with Crippen LogP contribution in [0.25, 0.3) is 33.2 Å². The summed E-state index contributed by atoms with van der Waals surface area (Å²) in [6.07, 6.45) is 2.78. The molecule has 182 valence electrons.